The van der Waals surface area contributed by atoms with Gasteiger partial charge in [0.2, 0.25) is 5.88 Å². The van der Waals surface area contributed by atoms with Crippen LogP contribution >= 0.6 is 0 Å². The lowest BCUT2D eigenvalue weighted by Crippen LogP contribution is -2.21. The predicted molar refractivity (Wildman–Crippen MR) is 107 cm³/mol. The van der Waals surface area contributed by atoms with Crippen molar-refractivity contribution in [1.82, 2.24) is 9.97 Å². The van der Waals surface area contributed by atoms with Crippen LogP contribution in [0.15, 0.2) is 42.7 Å². The molecule has 2 heterocycles. The maximum atomic E-state index is 13.4. The third-order valence-corrected chi connectivity index (χ3v) is 5.84. The van der Waals surface area contributed by atoms with Crippen molar-refractivity contribution in [1.29, 1.82) is 0 Å². The van der Waals surface area contributed by atoms with Gasteiger partial charge in [-0.3, -0.25) is 0 Å². The molecule has 1 saturated carbocycles. The molecule has 0 aliphatic heterocycles. The van der Waals surface area contributed by atoms with Crippen molar-refractivity contribution in [2.75, 3.05) is 0 Å². The number of benzene rings is 1. The number of pyridine rings is 1. The molecule has 0 radical (unpaired) electrons. The van der Waals surface area contributed by atoms with Gasteiger partial charge in [-0.1, -0.05) is 26.7 Å². The summed E-state index contributed by atoms with van der Waals surface area (Å²) in [5.74, 6) is 1.90. The molecular weight excluding hydrogens is 339 g/mol. The first kappa shape index (κ1) is 18.0. The molecular formula is C23H27FN2O. The molecule has 0 saturated heterocycles. The highest BCUT2D eigenvalue weighted by Crippen LogP contribution is 2.32. The minimum absolute atomic E-state index is 0.235. The Kier molecular flexibility index (Phi) is 5.15. The number of hydrogen-bond donors (Lipinski definition) is 1. The molecule has 0 amide bonds. The summed E-state index contributed by atoms with van der Waals surface area (Å²) in [6.07, 6.45) is 10.1. The Bertz CT molecular complexity index is 900. The van der Waals surface area contributed by atoms with Gasteiger partial charge in [-0.2, -0.15) is 0 Å². The molecule has 4 heteroatoms. The van der Waals surface area contributed by atoms with Gasteiger partial charge in [-0.05, 0) is 55.4 Å². The monoisotopic (exact) mass is 366 g/mol. The number of aromatic amines is 1. The molecule has 1 N–H and O–H groups in total. The van der Waals surface area contributed by atoms with Crippen LogP contribution in [-0.4, -0.2) is 16.1 Å². The maximum absolute atomic E-state index is 13.4. The zero-order valence-electron chi connectivity index (χ0n) is 16.0. The van der Waals surface area contributed by atoms with Gasteiger partial charge in [0.15, 0.2) is 0 Å². The fourth-order valence-electron chi connectivity index (χ4n) is 4.18. The molecule has 2 atom stereocenters. The normalized spacial score (nSPS) is 20.7. The molecule has 0 bridgehead atoms. The average Bonchev–Trinajstić information content (AvgIpc) is 2.92. The highest BCUT2D eigenvalue weighted by Gasteiger charge is 2.24. The number of halogens is 1. The highest BCUT2D eigenvalue weighted by molar-refractivity contribution is 5.95. The van der Waals surface area contributed by atoms with Crippen molar-refractivity contribution >= 4 is 10.9 Å². The van der Waals surface area contributed by atoms with Crippen molar-refractivity contribution in [2.45, 2.75) is 52.1 Å². The molecule has 27 heavy (non-hydrogen) atoms. The third kappa shape index (κ3) is 4.00. The van der Waals surface area contributed by atoms with Crippen molar-refractivity contribution in [3.05, 3.63) is 48.5 Å². The van der Waals surface area contributed by atoms with E-state index in [1.807, 2.05) is 24.5 Å². The van der Waals surface area contributed by atoms with Crippen LogP contribution in [0.5, 0.6) is 5.88 Å². The molecule has 3 nitrogen and oxygen atoms in total. The highest BCUT2D eigenvalue weighted by atomic mass is 19.1. The van der Waals surface area contributed by atoms with Gasteiger partial charge in [0.25, 0.3) is 0 Å². The van der Waals surface area contributed by atoms with Crippen LogP contribution in [-0.2, 0) is 0 Å². The lowest BCUT2D eigenvalue weighted by molar-refractivity contribution is 0.148. The maximum Gasteiger partial charge on any atom is 0.213 e. The topological polar surface area (TPSA) is 37.9 Å². The minimum Gasteiger partial charge on any atom is -0.474 e. The van der Waals surface area contributed by atoms with E-state index < -0.39 is 0 Å². The van der Waals surface area contributed by atoms with Gasteiger partial charge >= 0.3 is 0 Å². The minimum atomic E-state index is -0.235. The number of hydrogen-bond acceptors (Lipinski definition) is 2. The number of fused-ring (bicyclic) bond motifs is 1. The number of rotatable bonds is 4. The lowest BCUT2D eigenvalue weighted by atomic mass is 9.88. The Labute approximate surface area is 160 Å². The molecule has 1 aliphatic rings. The Balaban J connectivity index is 1.50. The zero-order valence-corrected chi connectivity index (χ0v) is 16.0. The second-order valence-corrected chi connectivity index (χ2v) is 8.04. The zero-order chi connectivity index (χ0) is 18.8. The summed E-state index contributed by atoms with van der Waals surface area (Å²) < 4.78 is 19.6. The summed E-state index contributed by atoms with van der Waals surface area (Å²) in [5.41, 5.74) is 2.82. The van der Waals surface area contributed by atoms with E-state index in [4.69, 9.17) is 4.74 Å². The summed E-state index contributed by atoms with van der Waals surface area (Å²) in [5, 5.41) is 0.996. The first-order valence-electron chi connectivity index (χ1n) is 10.00. The van der Waals surface area contributed by atoms with Crippen molar-refractivity contribution < 1.29 is 9.13 Å². The molecule has 2 aromatic heterocycles. The van der Waals surface area contributed by atoms with E-state index in [-0.39, 0.29) is 11.9 Å². The number of nitrogens with one attached hydrogen (secondary N) is 1. The number of ether oxygens (including phenoxy) is 1. The van der Waals surface area contributed by atoms with Crippen LogP contribution < -0.4 is 4.74 Å². The van der Waals surface area contributed by atoms with Gasteiger partial charge in [-0.25, -0.2) is 9.37 Å². The standard InChI is InChI=1S/C23H27FN2O/c1-15(2)16-5-3-4-6-19(11-16)27-23-10-7-17(13-26-23)21-14-25-22-12-18(24)8-9-20(21)22/h7-10,12-16,19,25H,3-6,11H2,1-2H3. The molecule has 1 aliphatic carbocycles. The summed E-state index contributed by atoms with van der Waals surface area (Å²) in [6, 6.07) is 8.79. The van der Waals surface area contributed by atoms with Crippen molar-refractivity contribution in [2.24, 2.45) is 11.8 Å². The van der Waals surface area contributed by atoms with Crippen LogP contribution in [0, 0.1) is 17.7 Å². The fourth-order valence-corrected chi connectivity index (χ4v) is 4.18. The van der Waals surface area contributed by atoms with E-state index in [1.165, 1.54) is 31.4 Å². The number of nitrogens with zero attached hydrogens (tertiary/aromatic N) is 1. The van der Waals surface area contributed by atoms with Crippen LogP contribution in [0.25, 0.3) is 22.0 Å². The van der Waals surface area contributed by atoms with Gasteiger partial charge in [0.05, 0.1) is 0 Å². The van der Waals surface area contributed by atoms with Gasteiger partial charge in [0.1, 0.15) is 11.9 Å². The first-order chi connectivity index (χ1) is 13.1. The van der Waals surface area contributed by atoms with Crippen molar-refractivity contribution in [3.8, 4) is 17.0 Å². The van der Waals surface area contributed by atoms with Crippen LogP contribution in [0.1, 0.15) is 46.0 Å². The Hall–Kier alpha value is -2.36. The molecule has 2 unspecified atom stereocenters. The molecule has 142 valence electrons. The quantitative estimate of drug-likeness (QED) is 0.546. The van der Waals surface area contributed by atoms with E-state index in [9.17, 15) is 4.39 Å². The smallest absolute Gasteiger partial charge is 0.213 e. The fraction of sp³-hybridized carbons (Fsp3) is 0.435. The SMILES string of the molecule is CC(C)C1CCCCC(Oc2ccc(-c3c[nH]c4cc(F)ccc34)cn2)C1. The summed E-state index contributed by atoms with van der Waals surface area (Å²) in [6.45, 7) is 4.63. The Morgan fingerprint density at radius 2 is 2.00 bits per heavy atom. The van der Waals surface area contributed by atoms with Crippen LogP contribution in [0.4, 0.5) is 4.39 Å². The largest absolute Gasteiger partial charge is 0.474 e. The van der Waals surface area contributed by atoms with Crippen molar-refractivity contribution in [3.63, 3.8) is 0 Å². The molecule has 4 rings (SSSR count). The lowest BCUT2D eigenvalue weighted by Gasteiger charge is -2.23. The first-order valence-corrected chi connectivity index (χ1v) is 10.00. The van der Waals surface area contributed by atoms with E-state index in [0.717, 1.165) is 40.8 Å². The average molecular weight is 366 g/mol. The van der Waals surface area contributed by atoms with E-state index >= 15 is 0 Å². The predicted octanol–water partition coefficient (Wildman–Crippen LogP) is 6.35. The van der Waals surface area contributed by atoms with Gasteiger partial charge in [-0.15, -0.1) is 0 Å². The molecule has 3 aromatic rings. The Morgan fingerprint density at radius 3 is 2.78 bits per heavy atom. The number of H-pyrrole nitrogens is 1. The summed E-state index contributed by atoms with van der Waals surface area (Å²) >= 11 is 0. The Morgan fingerprint density at radius 1 is 1.15 bits per heavy atom. The molecule has 1 aromatic carbocycles. The van der Waals surface area contributed by atoms with Gasteiger partial charge in [0, 0.05) is 40.5 Å². The molecule has 1 fully saturated rings. The van der Waals surface area contributed by atoms with Crippen LogP contribution in [0.3, 0.4) is 0 Å². The number of aromatic nitrogens is 2. The second kappa shape index (κ2) is 7.71. The third-order valence-electron chi connectivity index (χ3n) is 5.84. The van der Waals surface area contributed by atoms with E-state index in [0.29, 0.717) is 11.8 Å². The van der Waals surface area contributed by atoms with E-state index in [1.54, 1.807) is 6.07 Å². The summed E-state index contributed by atoms with van der Waals surface area (Å²) in [4.78, 5) is 7.67. The van der Waals surface area contributed by atoms with Gasteiger partial charge < -0.3 is 9.72 Å². The molecule has 0 spiro atoms. The second-order valence-electron chi connectivity index (χ2n) is 8.04. The van der Waals surface area contributed by atoms with Crippen LogP contribution in [0.2, 0.25) is 0 Å². The van der Waals surface area contributed by atoms with E-state index in [2.05, 4.69) is 23.8 Å². The summed E-state index contributed by atoms with van der Waals surface area (Å²) in [7, 11) is 0.